The van der Waals surface area contributed by atoms with E-state index in [4.69, 9.17) is 9.47 Å². The molecule has 1 N–H and O–H groups in total. The van der Waals surface area contributed by atoms with Gasteiger partial charge in [0, 0.05) is 0 Å². The van der Waals surface area contributed by atoms with Crippen LogP contribution in [-0.2, 0) is 16.1 Å². The van der Waals surface area contributed by atoms with Gasteiger partial charge in [-0.05, 0) is 37.1 Å². The third-order valence-electron chi connectivity index (χ3n) is 3.66. The van der Waals surface area contributed by atoms with E-state index in [0.29, 0.717) is 6.61 Å². The van der Waals surface area contributed by atoms with Crippen LogP contribution in [0.25, 0.3) is 0 Å². The van der Waals surface area contributed by atoms with Gasteiger partial charge in [0.1, 0.15) is 11.9 Å². The summed E-state index contributed by atoms with van der Waals surface area (Å²) >= 11 is 0. The summed E-state index contributed by atoms with van der Waals surface area (Å²) in [5.74, 6) is 0.658. The lowest BCUT2D eigenvalue weighted by Crippen LogP contribution is -2.36. The molecule has 0 heterocycles. The van der Waals surface area contributed by atoms with E-state index in [1.54, 1.807) is 14.0 Å². The summed E-state index contributed by atoms with van der Waals surface area (Å²) in [5.41, 5.74) is 2.04. The van der Waals surface area contributed by atoms with Gasteiger partial charge in [-0.1, -0.05) is 42.5 Å². The minimum Gasteiger partial charge on any atom is -0.497 e. The second-order valence-electron chi connectivity index (χ2n) is 5.45. The first-order valence-electron chi connectivity index (χ1n) is 7.70. The molecule has 4 heteroatoms. The molecule has 0 aliphatic heterocycles. The van der Waals surface area contributed by atoms with E-state index in [2.05, 4.69) is 5.32 Å². The Hall–Kier alpha value is -2.33. The topological polar surface area (TPSA) is 47.6 Å². The van der Waals surface area contributed by atoms with Gasteiger partial charge in [-0.2, -0.15) is 0 Å². The van der Waals surface area contributed by atoms with E-state index in [1.165, 1.54) is 0 Å². The molecular weight excluding hydrogens is 290 g/mol. The first-order valence-corrected chi connectivity index (χ1v) is 7.70. The maximum Gasteiger partial charge on any atom is 0.249 e. The standard InChI is InChI=1S/C19H23NO3/c1-14(17-9-5-4-6-10-17)20-19(21)15(2)23-13-16-8-7-11-18(12-16)22-3/h4-12,14-15H,13H2,1-3H3,(H,20,21)/t14-,15-/m1/s1. The van der Waals surface area contributed by atoms with Crippen LogP contribution in [0.2, 0.25) is 0 Å². The van der Waals surface area contributed by atoms with Crippen LogP contribution in [0.1, 0.15) is 31.0 Å². The number of benzene rings is 2. The predicted molar refractivity (Wildman–Crippen MR) is 90.2 cm³/mol. The Morgan fingerprint density at radius 1 is 1.09 bits per heavy atom. The molecule has 122 valence electrons. The highest BCUT2D eigenvalue weighted by atomic mass is 16.5. The van der Waals surface area contributed by atoms with Crippen LogP contribution < -0.4 is 10.1 Å². The molecule has 0 unspecified atom stereocenters. The average Bonchev–Trinajstić information content (AvgIpc) is 2.60. The van der Waals surface area contributed by atoms with Gasteiger partial charge in [-0.3, -0.25) is 4.79 Å². The van der Waals surface area contributed by atoms with Crippen LogP contribution >= 0.6 is 0 Å². The van der Waals surface area contributed by atoms with E-state index < -0.39 is 6.10 Å². The van der Waals surface area contributed by atoms with E-state index in [0.717, 1.165) is 16.9 Å². The van der Waals surface area contributed by atoms with Gasteiger partial charge in [0.15, 0.2) is 0 Å². The maximum absolute atomic E-state index is 12.2. The number of carbonyl (C=O) groups is 1. The van der Waals surface area contributed by atoms with Crippen molar-refractivity contribution < 1.29 is 14.3 Å². The lowest BCUT2D eigenvalue weighted by molar-refractivity contribution is -0.133. The molecule has 0 spiro atoms. The summed E-state index contributed by atoms with van der Waals surface area (Å²) < 4.78 is 10.8. The molecule has 2 aromatic carbocycles. The third-order valence-corrected chi connectivity index (χ3v) is 3.66. The lowest BCUT2D eigenvalue weighted by atomic mass is 10.1. The number of methoxy groups -OCH3 is 1. The van der Waals surface area contributed by atoms with Gasteiger partial charge in [0.25, 0.3) is 0 Å². The van der Waals surface area contributed by atoms with Gasteiger partial charge >= 0.3 is 0 Å². The predicted octanol–water partition coefficient (Wildman–Crippen LogP) is 3.48. The zero-order valence-corrected chi connectivity index (χ0v) is 13.8. The van der Waals surface area contributed by atoms with E-state index in [1.807, 2.05) is 61.5 Å². The van der Waals surface area contributed by atoms with Crippen LogP contribution in [0.3, 0.4) is 0 Å². The fourth-order valence-electron chi connectivity index (χ4n) is 2.21. The largest absolute Gasteiger partial charge is 0.497 e. The van der Waals surface area contributed by atoms with Crippen molar-refractivity contribution in [3.8, 4) is 5.75 Å². The van der Waals surface area contributed by atoms with Crippen LogP contribution in [0.4, 0.5) is 0 Å². The normalized spacial score (nSPS) is 13.2. The molecule has 2 atom stereocenters. The van der Waals surface area contributed by atoms with Gasteiger partial charge in [-0.15, -0.1) is 0 Å². The van der Waals surface area contributed by atoms with Crippen LogP contribution in [0.5, 0.6) is 5.75 Å². The molecule has 0 saturated heterocycles. The summed E-state index contributed by atoms with van der Waals surface area (Å²) in [4.78, 5) is 12.2. The molecular formula is C19H23NO3. The summed E-state index contributed by atoms with van der Waals surface area (Å²) in [7, 11) is 1.63. The molecule has 0 aliphatic rings. The van der Waals surface area contributed by atoms with Crippen molar-refractivity contribution in [2.45, 2.75) is 32.6 Å². The Morgan fingerprint density at radius 2 is 1.83 bits per heavy atom. The SMILES string of the molecule is COc1cccc(CO[C@H](C)C(=O)N[C@H](C)c2ccccc2)c1. The number of ether oxygens (including phenoxy) is 2. The maximum atomic E-state index is 12.2. The first kappa shape index (κ1) is 17.0. The van der Waals surface area contributed by atoms with E-state index in [9.17, 15) is 4.79 Å². The van der Waals surface area contributed by atoms with Crippen LogP contribution in [-0.4, -0.2) is 19.1 Å². The van der Waals surface area contributed by atoms with Gasteiger partial charge < -0.3 is 14.8 Å². The molecule has 2 rings (SSSR count). The number of rotatable bonds is 7. The Labute approximate surface area is 137 Å². The van der Waals surface area contributed by atoms with Crippen molar-refractivity contribution in [1.29, 1.82) is 0 Å². The number of hydrogen-bond acceptors (Lipinski definition) is 3. The van der Waals surface area contributed by atoms with Crippen molar-refractivity contribution in [1.82, 2.24) is 5.32 Å². The zero-order chi connectivity index (χ0) is 16.7. The zero-order valence-electron chi connectivity index (χ0n) is 13.8. The van der Waals surface area contributed by atoms with Crippen molar-refractivity contribution >= 4 is 5.91 Å². The monoisotopic (exact) mass is 313 g/mol. The van der Waals surface area contributed by atoms with E-state index >= 15 is 0 Å². The second-order valence-corrected chi connectivity index (χ2v) is 5.45. The first-order chi connectivity index (χ1) is 11.1. The van der Waals surface area contributed by atoms with Gasteiger partial charge in [-0.25, -0.2) is 0 Å². The number of hydrogen-bond donors (Lipinski definition) is 1. The Kier molecular flexibility index (Phi) is 6.18. The fraction of sp³-hybridized carbons (Fsp3) is 0.316. The summed E-state index contributed by atoms with van der Waals surface area (Å²) in [6.45, 7) is 4.08. The highest BCUT2D eigenvalue weighted by Crippen LogP contribution is 2.15. The molecule has 0 aliphatic carbocycles. The highest BCUT2D eigenvalue weighted by Gasteiger charge is 2.16. The van der Waals surface area contributed by atoms with E-state index in [-0.39, 0.29) is 11.9 Å². The van der Waals surface area contributed by atoms with Gasteiger partial charge in [0.05, 0.1) is 19.8 Å². The molecule has 4 nitrogen and oxygen atoms in total. The minimum absolute atomic E-state index is 0.0495. The lowest BCUT2D eigenvalue weighted by Gasteiger charge is -2.18. The third kappa shape index (κ3) is 5.11. The molecule has 0 aromatic heterocycles. The summed E-state index contributed by atoms with van der Waals surface area (Å²) in [5, 5.41) is 2.97. The molecule has 23 heavy (non-hydrogen) atoms. The number of amides is 1. The van der Waals surface area contributed by atoms with Crippen LogP contribution in [0, 0.1) is 0 Å². The fourth-order valence-corrected chi connectivity index (χ4v) is 2.21. The minimum atomic E-state index is -0.521. The van der Waals surface area contributed by atoms with Crippen molar-refractivity contribution in [3.63, 3.8) is 0 Å². The van der Waals surface area contributed by atoms with Crippen molar-refractivity contribution in [3.05, 3.63) is 65.7 Å². The van der Waals surface area contributed by atoms with Crippen molar-refractivity contribution in [2.24, 2.45) is 0 Å². The second kappa shape index (κ2) is 8.34. The molecule has 0 saturated carbocycles. The highest BCUT2D eigenvalue weighted by molar-refractivity contribution is 5.80. The summed E-state index contributed by atoms with van der Waals surface area (Å²) in [6.07, 6.45) is -0.521. The Balaban J connectivity index is 1.85. The van der Waals surface area contributed by atoms with Gasteiger partial charge in [0.2, 0.25) is 5.91 Å². The molecule has 2 aromatic rings. The summed E-state index contributed by atoms with van der Waals surface area (Å²) in [6, 6.07) is 17.4. The quantitative estimate of drug-likeness (QED) is 0.851. The Morgan fingerprint density at radius 3 is 2.52 bits per heavy atom. The van der Waals surface area contributed by atoms with Crippen LogP contribution in [0.15, 0.2) is 54.6 Å². The molecule has 0 bridgehead atoms. The Bertz CT molecular complexity index is 628. The average molecular weight is 313 g/mol. The molecule has 1 amide bonds. The smallest absolute Gasteiger partial charge is 0.249 e. The van der Waals surface area contributed by atoms with Crippen molar-refractivity contribution in [2.75, 3.05) is 7.11 Å². The molecule has 0 fully saturated rings. The number of nitrogens with one attached hydrogen (secondary N) is 1. The number of carbonyl (C=O) groups excluding carboxylic acids is 1. The molecule has 0 radical (unpaired) electrons.